The molecule has 0 atom stereocenters. The predicted octanol–water partition coefficient (Wildman–Crippen LogP) is 19.2. The molecule has 0 bridgehead atoms. The summed E-state index contributed by atoms with van der Waals surface area (Å²) in [5, 5.41) is 2.57. The number of hydrogen-bond acceptors (Lipinski definition) is 2. The van der Waals surface area contributed by atoms with Crippen LogP contribution in [0.1, 0.15) is 139 Å². The van der Waals surface area contributed by atoms with Crippen LogP contribution in [-0.2, 0) is 21.7 Å². The van der Waals surface area contributed by atoms with Gasteiger partial charge in [-0.3, -0.25) is 0 Å². The van der Waals surface area contributed by atoms with Crippen LogP contribution < -0.4 is 26.2 Å². The van der Waals surface area contributed by atoms with Crippen LogP contribution in [0.4, 0.5) is 34.1 Å². The highest BCUT2D eigenvalue weighted by atomic mass is 15.2. The molecule has 0 spiro atoms. The molecule has 0 unspecified atom stereocenters. The zero-order chi connectivity index (χ0) is 56.9. The Morgan fingerprint density at radius 3 is 1.05 bits per heavy atom. The molecule has 10 aromatic rings. The second-order valence-electron chi connectivity index (χ2n) is 27.9. The first-order valence-electron chi connectivity index (χ1n) is 29.2. The Hall–Kier alpha value is -7.56. The highest BCUT2D eigenvalue weighted by Gasteiger charge is 2.46. The minimum Gasteiger partial charge on any atom is -0.311 e. The van der Waals surface area contributed by atoms with Crippen molar-refractivity contribution in [3.63, 3.8) is 0 Å². The van der Waals surface area contributed by atoms with E-state index in [1.165, 1.54) is 150 Å². The van der Waals surface area contributed by atoms with E-state index < -0.39 is 0 Å². The van der Waals surface area contributed by atoms with Gasteiger partial charge in [0.2, 0.25) is 0 Å². The first-order valence-corrected chi connectivity index (χ1v) is 29.2. The number of aromatic nitrogens is 1. The average molecular weight is 1050 g/mol. The van der Waals surface area contributed by atoms with Gasteiger partial charge in [-0.25, -0.2) is 0 Å². The highest BCUT2D eigenvalue weighted by molar-refractivity contribution is 7.00. The summed E-state index contributed by atoms with van der Waals surface area (Å²) in [5.74, 6) is 0. The van der Waals surface area contributed by atoms with Gasteiger partial charge in [-0.1, -0.05) is 203 Å². The molecular formula is C76H80BN3. The Morgan fingerprint density at radius 1 is 0.350 bits per heavy atom. The lowest BCUT2D eigenvalue weighted by molar-refractivity contribution is 0.590. The van der Waals surface area contributed by atoms with Crippen LogP contribution in [-0.4, -0.2) is 11.3 Å². The minimum atomic E-state index is -0.169. The van der Waals surface area contributed by atoms with Gasteiger partial charge in [0.05, 0.1) is 28.1 Å². The number of hydrogen-bond donors (Lipinski definition) is 0. The predicted molar refractivity (Wildman–Crippen MR) is 349 cm³/mol. The molecule has 0 saturated heterocycles. The maximum atomic E-state index is 2.70. The molecule has 0 saturated carbocycles. The van der Waals surface area contributed by atoms with E-state index in [9.17, 15) is 0 Å². The third kappa shape index (κ3) is 8.63. The first kappa shape index (κ1) is 53.1. The summed E-state index contributed by atoms with van der Waals surface area (Å²) in [6, 6.07) is 61.9. The molecule has 1 aromatic heterocycles. The summed E-state index contributed by atoms with van der Waals surface area (Å²) in [6.45, 7) is 42.1. The third-order valence-corrected chi connectivity index (χ3v) is 17.6. The van der Waals surface area contributed by atoms with Crippen molar-refractivity contribution in [2.24, 2.45) is 0 Å². The third-order valence-electron chi connectivity index (χ3n) is 17.6. The van der Waals surface area contributed by atoms with Gasteiger partial charge in [-0.05, 0) is 195 Å². The molecule has 0 aliphatic carbocycles. The second-order valence-corrected chi connectivity index (χ2v) is 27.9. The normalized spacial score (nSPS) is 13.6. The smallest absolute Gasteiger partial charge is 0.252 e. The molecule has 0 radical (unpaired) electrons. The number of rotatable bonds is 5. The van der Waals surface area contributed by atoms with Crippen molar-refractivity contribution in [1.82, 2.24) is 4.57 Å². The maximum Gasteiger partial charge on any atom is 0.252 e. The largest absolute Gasteiger partial charge is 0.311 e. The van der Waals surface area contributed by atoms with E-state index in [2.05, 4.69) is 297 Å². The van der Waals surface area contributed by atoms with Crippen molar-refractivity contribution < 1.29 is 0 Å². The van der Waals surface area contributed by atoms with Crippen LogP contribution >= 0.6 is 0 Å². The van der Waals surface area contributed by atoms with Crippen molar-refractivity contribution in [2.45, 2.75) is 146 Å². The summed E-state index contributed by atoms with van der Waals surface area (Å²) in [4.78, 5) is 5.39. The summed E-state index contributed by atoms with van der Waals surface area (Å²) in [5.41, 5.74) is 32.5. The molecule has 4 heteroatoms. The van der Waals surface area contributed by atoms with E-state index >= 15 is 0 Å². The Balaban J connectivity index is 1.32. The van der Waals surface area contributed by atoms with E-state index in [1.807, 2.05) is 0 Å². The fraction of sp³-hybridized carbons (Fsp3) is 0.289. The summed E-state index contributed by atoms with van der Waals surface area (Å²) in [6.07, 6.45) is 0. The summed E-state index contributed by atoms with van der Waals surface area (Å²) >= 11 is 0. The molecule has 3 nitrogen and oxygen atoms in total. The molecule has 3 heterocycles. The van der Waals surface area contributed by atoms with Crippen LogP contribution in [0.2, 0.25) is 0 Å². The SMILES string of the molecule is Cc1cc(C)c(N2c3cc(-c4ccccc4)c(C(C)(C)C)cc3B3c4cc(C(C)(C)C)c(-c5ccccc5)cc4N(c4c(C)cc(C)cc4C)c4cc(-n5c6ccc(C(C)(C)C)cc6c6cc(C(C)(C)C)ccc65)cc2c43)c(C)c1. The van der Waals surface area contributed by atoms with Gasteiger partial charge in [0.25, 0.3) is 6.71 Å². The fourth-order valence-electron chi connectivity index (χ4n) is 13.9. The van der Waals surface area contributed by atoms with Crippen LogP contribution in [0.3, 0.4) is 0 Å². The quantitative estimate of drug-likeness (QED) is 0.159. The van der Waals surface area contributed by atoms with Gasteiger partial charge in [-0.2, -0.15) is 0 Å². The summed E-state index contributed by atoms with van der Waals surface area (Å²) < 4.78 is 2.59. The van der Waals surface area contributed by atoms with Crippen LogP contribution in [0.15, 0.2) is 158 Å². The number of nitrogens with zero attached hydrogens (tertiary/aromatic N) is 3. The van der Waals surface area contributed by atoms with Crippen molar-refractivity contribution in [3.8, 4) is 27.9 Å². The van der Waals surface area contributed by atoms with Gasteiger partial charge in [-0.15, -0.1) is 0 Å². The van der Waals surface area contributed by atoms with Crippen LogP contribution in [0, 0.1) is 41.5 Å². The van der Waals surface area contributed by atoms with Crippen molar-refractivity contribution in [2.75, 3.05) is 9.80 Å². The zero-order valence-corrected chi connectivity index (χ0v) is 50.9. The lowest BCUT2D eigenvalue weighted by atomic mass is 9.33. The lowest BCUT2D eigenvalue weighted by Crippen LogP contribution is -2.62. The van der Waals surface area contributed by atoms with E-state index in [-0.39, 0.29) is 28.4 Å². The van der Waals surface area contributed by atoms with Gasteiger partial charge in [0, 0.05) is 33.5 Å². The molecule has 9 aromatic carbocycles. The molecule has 0 N–H and O–H groups in total. The van der Waals surface area contributed by atoms with Crippen molar-refractivity contribution >= 4 is 79.0 Å². The van der Waals surface area contributed by atoms with E-state index in [4.69, 9.17) is 0 Å². The first-order chi connectivity index (χ1) is 37.7. The molecule has 402 valence electrons. The number of fused-ring (bicyclic) bond motifs is 7. The van der Waals surface area contributed by atoms with Gasteiger partial charge in [0.15, 0.2) is 0 Å². The molecule has 12 rings (SSSR count). The topological polar surface area (TPSA) is 11.4 Å². The number of anilines is 6. The molecule has 80 heavy (non-hydrogen) atoms. The number of aryl methyl sites for hydroxylation is 6. The maximum absolute atomic E-state index is 2.70. The monoisotopic (exact) mass is 1050 g/mol. The van der Waals surface area contributed by atoms with Gasteiger partial charge >= 0.3 is 0 Å². The van der Waals surface area contributed by atoms with E-state index in [0.29, 0.717) is 0 Å². The molecule has 0 amide bonds. The van der Waals surface area contributed by atoms with E-state index in [1.54, 1.807) is 0 Å². The molecular weight excluding hydrogens is 966 g/mol. The Bertz CT molecular complexity index is 3850. The van der Waals surface area contributed by atoms with Crippen molar-refractivity contribution in [3.05, 3.63) is 213 Å². The average Bonchev–Trinajstić information content (AvgIpc) is 3.18. The second kappa shape index (κ2) is 18.5. The number of benzene rings is 9. The van der Waals surface area contributed by atoms with Crippen LogP contribution in [0.5, 0.6) is 0 Å². The minimum absolute atomic E-state index is 0.0263. The lowest BCUT2D eigenvalue weighted by Gasteiger charge is -2.47. The van der Waals surface area contributed by atoms with Gasteiger partial charge < -0.3 is 14.4 Å². The Morgan fingerprint density at radius 2 is 0.713 bits per heavy atom. The van der Waals surface area contributed by atoms with Gasteiger partial charge in [0.1, 0.15) is 0 Å². The van der Waals surface area contributed by atoms with E-state index in [0.717, 1.165) is 5.69 Å². The fourth-order valence-corrected chi connectivity index (χ4v) is 13.9. The zero-order valence-electron chi connectivity index (χ0n) is 50.9. The molecule has 2 aliphatic rings. The Kier molecular flexibility index (Phi) is 12.3. The Labute approximate surface area is 478 Å². The van der Waals surface area contributed by atoms with Crippen molar-refractivity contribution in [1.29, 1.82) is 0 Å². The molecule has 0 fully saturated rings. The summed E-state index contributed by atoms with van der Waals surface area (Å²) in [7, 11) is 0. The highest BCUT2D eigenvalue weighted by Crippen LogP contribution is 2.52. The standard InChI is InChI=1S/C76H80BN3/c1-45-33-47(3)71(48(4)34-45)79-66-41-56(51-25-21-19-22-26-51)60(75(13,14)15)43-62(66)77-63-44-61(76(16,17)18)57(52-27-23-20-24-28-52)42-67(63)80(72-49(5)35-46(2)36-50(72)6)69-40-55(39-68(79)70(69)77)78-64-31-29-53(73(7,8)9)37-58(64)59-38-54(74(10,11)12)30-32-65(59)78/h19-44H,1-18H3. The molecule has 2 aliphatic heterocycles. The van der Waals surface area contributed by atoms with Crippen LogP contribution in [0.25, 0.3) is 49.7 Å².